The minimum Gasteiger partial charge on any atom is -0.488 e. The Morgan fingerprint density at radius 1 is 1.17 bits per heavy atom. The van der Waals surface area contributed by atoms with E-state index in [2.05, 4.69) is 10.0 Å². The topological polar surface area (TPSA) is 84.3 Å². The molecule has 0 spiro atoms. The van der Waals surface area contributed by atoms with Gasteiger partial charge < -0.3 is 9.47 Å². The average molecular weight is 403 g/mol. The number of alkyl halides is 2. The first-order chi connectivity index (χ1) is 14.0. The maximum atomic E-state index is 13.4. The Morgan fingerprint density at radius 2 is 1.97 bits per heavy atom. The van der Waals surface area contributed by atoms with Crippen LogP contribution in [0.5, 0.6) is 11.5 Å². The van der Waals surface area contributed by atoms with E-state index in [4.69, 9.17) is 15.0 Å². The molecule has 29 heavy (non-hydrogen) atoms. The molecule has 0 radical (unpaired) electrons. The summed E-state index contributed by atoms with van der Waals surface area (Å²) in [7, 11) is 0. The Bertz CT molecular complexity index is 897. The molecule has 154 valence electrons. The zero-order chi connectivity index (χ0) is 21.2. The zero-order valence-corrected chi connectivity index (χ0v) is 16.4. The van der Waals surface area contributed by atoms with Crippen LogP contribution in [0.4, 0.5) is 8.78 Å². The number of hydrogen-bond acceptors (Lipinski definition) is 4. The first-order valence-corrected chi connectivity index (χ1v) is 9.36. The summed E-state index contributed by atoms with van der Waals surface area (Å²) in [6.45, 7) is 3.81. The Balaban J connectivity index is 2.24. The third-order valence-corrected chi connectivity index (χ3v) is 4.40. The van der Waals surface area contributed by atoms with Crippen molar-refractivity contribution >= 4 is 5.97 Å². The summed E-state index contributed by atoms with van der Waals surface area (Å²) in [5.41, 5.74) is 10.4. The van der Waals surface area contributed by atoms with Gasteiger partial charge in [0.2, 0.25) is 0 Å². The molecule has 0 saturated carbocycles. The first kappa shape index (κ1) is 22.2. The number of rotatable bonds is 10. The number of carbonyl (C=O) groups is 1. The van der Waals surface area contributed by atoms with Gasteiger partial charge >= 0.3 is 5.97 Å². The van der Waals surface area contributed by atoms with E-state index in [0.717, 1.165) is 11.1 Å². The molecule has 0 amide bonds. The van der Waals surface area contributed by atoms with Crippen molar-refractivity contribution in [3.8, 4) is 11.5 Å². The van der Waals surface area contributed by atoms with Crippen molar-refractivity contribution < 1.29 is 23.0 Å². The van der Waals surface area contributed by atoms with Gasteiger partial charge in [0.15, 0.2) is 0 Å². The van der Waals surface area contributed by atoms with E-state index in [1.165, 1.54) is 6.07 Å². The number of azide groups is 1. The van der Waals surface area contributed by atoms with E-state index >= 15 is 0 Å². The molecule has 0 unspecified atom stereocenters. The van der Waals surface area contributed by atoms with Gasteiger partial charge in [-0.05, 0) is 47.7 Å². The molecular formula is C21H23F2N3O3. The molecule has 2 aromatic rings. The first-order valence-electron chi connectivity index (χ1n) is 9.36. The van der Waals surface area contributed by atoms with Gasteiger partial charge in [-0.2, -0.15) is 0 Å². The van der Waals surface area contributed by atoms with Crippen LogP contribution in [0.3, 0.4) is 0 Å². The molecular weight excluding hydrogens is 380 g/mol. The van der Waals surface area contributed by atoms with Gasteiger partial charge in [-0.25, -0.2) is 8.78 Å². The van der Waals surface area contributed by atoms with E-state index in [1.54, 1.807) is 24.3 Å². The predicted octanol–water partition coefficient (Wildman–Crippen LogP) is 5.93. The van der Waals surface area contributed by atoms with E-state index in [1.807, 2.05) is 19.9 Å². The quantitative estimate of drug-likeness (QED) is 0.162. The summed E-state index contributed by atoms with van der Waals surface area (Å²) in [6.07, 6.45) is -1.42. The second kappa shape index (κ2) is 11.0. The van der Waals surface area contributed by atoms with Crippen molar-refractivity contribution in [3.05, 3.63) is 69.1 Å². The zero-order valence-electron chi connectivity index (χ0n) is 16.4. The van der Waals surface area contributed by atoms with Crippen LogP contribution in [0.1, 0.15) is 48.9 Å². The number of nitrogens with zero attached hydrogens (tertiary/aromatic N) is 3. The summed E-state index contributed by atoms with van der Waals surface area (Å²) in [5.74, 6) is -0.143. The minimum absolute atomic E-state index is 0.00381. The molecule has 0 aliphatic carbocycles. The number of halogens is 2. The molecule has 0 heterocycles. The Labute approximate surface area is 168 Å². The number of carbonyl (C=O) groups excluding carboxylic acids is 1. The fourth-order valence-corrected chi connectivity index (χ4v) is 2.83. The summed E-state index contributed by atoms with van der Waals surface area (Å²) >= 11 is 0. The predicted molar refractivity (Wildman–Crippen MR) is 105 cm³/mol. The largest absolute Gasteiger partial charge is 0.488 e. The molecule has 6 nitrogen and oxygen atoms in total. The molecule has 8 heteroatoms. The van der Waals surface area contributed by atoms with Gasteiger partial charge in [-0.3, -0.25) is 4.79 Å². The fourth-order valence-electron chi connectivity index (χ4n) is 2.83. The highest BCUT2D eigenvalue weighted by Gasteiger charge is 2.17. The highest BCUT2D eigenvalue weighted by molar-refractivity contribution is 5.73. The number of esters is 1. The van der Waals surface area contributed by atoms with Crippen molar-refractivity contribution in [1.29, 1.82) is 0 Å². The molecule has 2 rings (SSSR count). The van der Waals surface area contributed by atoms with Crippen LogP contribution in [-0.4, -0.2) is 12.5 Å². The van der Waals surface area contributed by atoms with Crippen molar-refractivity contribution in [1.82, 2.24) is 0 Å². The van der Waals surface area contributed by atoms with Gasteiger partial charge in [0.05, 0.1) is 12.0 Å². The number of aryl methyl sites for hydroxylation is 2. The van der Waals surface area contributed by atoms with E-state index in [9.17, 15) is 13.6 Å². The molecule has 0 bridgehead atoms. The van der Waals surface area contributed by atoms with Gasteiger partial charge in [0, 0.05) is 17.0 Å². The average Bonchev–Trinajstić information content (AvgIpc) is 2.72. The second-order valence-electron chi connectivity index (χ2n) is 6.24. The monoisotopic (exact) mass is 403 g/mol. The third-order valence-electron chi connectivity index (χ3n) is 4.40. The summed E-state index contributed by atoms with van der Waals surface area (Å²) in [5, 5.41) is 3.31. The van der Waals surface area contributed by atoms with Crippen LogP contribution in [0.25, 0.3) is 10.4 Å². The van der Waals surface area contributed by atoms with Gasteiger partial charge in [0.1, 0.15) is 18.1 Å². The van der Waals surface area contributed by atoms with Crippen LogP contribution in [0.15, 0.2) is 41.5 Å². The number of benzene rings is 2. The SMILES string of the molecule is CCc1ccc(OCc2c(CC)cccc2OC(=O)CCN=[N+]=[N-])c(C(F)F)c1. The Morgan fingerprint density at radius 3 is 2.62 bits per heavy atom. The fraction of sp³-hybridized carbons (Fsp3) is 0.381. The lowest BCUT2D eigenvalue weighted by molar-refractivity contribution is -0.134. The smallest absolute Gasteiger partial charge is 0.311 e. The second-order valence-corrected chi connectivity index (χ2v) is 6.24. The number of ether oxygens (including phenoxy) is 2. The summed E-state index contributed by atoms with van der Waals surface area (Å²) < 4.78 is 38.0. The highest BCUT2D eigenvalue weighted by atomic mass is 19.3. The molecule has 2 aromatic carbocycles. The lowest BCUT2D eigenvalue weighted by atomic mass is 10.0. The minimum atomic E-state index is -2.66. The lowest BCUT2D eigenvalue weighted by Gasteiger charge is -2.17. The molecule has 0 aliphatic heterocycles. The van der Waals surface area contributed by atoms with Gasteiger partial charge in [-0.15, -0.1) is 0 Å². The van der Waals surface area contributed by atoms with Crippen molar-refractivity contribution in [2.45, 2.75) is 46.1 Å². The Kier molecular flexibility index (Phi) is 8.43. The molecule has 0 atom stereocenters. The normalized spacial score (nSPS) is 10.5. The highest BCUT2D eigenvalue weighted by Crippen LogP contribution is 2.32. The number of hydrogen-bond donors (Lipinski definition) is 0. The van der Waals surface area contributed by atoms with Crippen LogP contribution in [0, 0.1) is 0 Å². The third kappa shape index (κ3) is 6.19. The van der Waals surface area contributed by atoms with Crippen LogP contribution in [0.2, 0.25) is 0 Å². The van der Waals surface area contributed by atoms with E-state index < -0.39 is 12.4 Å². The summed E-state index contributed by atoms with van der Waals surface area (Å²) in [6, 6.07) is 9.98. The van der Waals surface area contributed by atoms with Crippen LogP contribution < -0.4 is 9.47 Å². The molecule has 0 N–H and O–H groups in total. The molecule has 0 fully saturated rings. The van der Waals surface area contributed by atoms with Crippen molar-refractivity contribution in [2.75, 3.05) is 6.54 Å². The molecule has 0 aromatic heterocycles. The lowest BCUT2D eigenvalue weighted by Crippen LogP contribution is -2.12. The maximum absolute atomic E-state index is 13.4. The Hall–Kier alpha value is -3.12. The van der Waals surface area contributed by atoms with Crippen molar-refractivity contribution in [2.24, 2.45) is 5.11 Å². The van der Waals surface area contributed by atoms with E-state index in [-0.39, 0.29) is 30.9 Å². The maximum Gasteiger partial charge on any atom is 0.311 e. The van der Waals surface area contributed by atoms with Crippen molar-refractivity contribution in [3.63, 3.8) is 0 Å². The molecule has 0 aliphatic rings. The summed E-state index contributed by atoms with van der Waals surface area (Å²) in [4.78, 5) is 14.6. The van der Waals surface area contributed by atoms with Crippen LogP contribution in [-0.2, 0) is 24.2 Å². The van der Waals surface area contributed by atoms with Gasteiger partial charge in [0.25, 0.3) is 6.43 Å². The van der Waals surface area contributed by atoms with Gasteiger partial charge in [-0.1, -0.05) is 37.2 Å². The van der Waals surface area contributed by atoms with E-state index in [0.29, 0.717) is 24.2 Å². The molecule has 0 saturated heterocycles. The van der Waals surface area contributed by atoms with Crippen LogP contribution >= 0.6 is 0 Å². The standard InChI is InChI=1S/C21H23F2N3O3/c1-3-14-8-9-18(16(12-14)21(22)23)28-13-17-15(4-2)6-5-7-19(17)29-20(27)10-11-25-26-24/h5-9,12,21H,3-4,10-11,13H2,1-2H3.